The molecule has 2 atom stereocenters. The summed E-state index contributed by atoms with van der Waals surface area (Å²) >= 11 is 0. The van der Waals surface area contributed by atoms with Crippen molar-refractivity contribution in [2.75, 3.05) is 13.1 Å². The molecule has 0 radical (unpaired) electrons. The van der Waals surface area contributed by atoms with Gasteiger partial charge in [-0.25, -0.2) is 0 Å². The first-order valence-electron chi connectivity index (χ1n) is 8.11. The third-order valence-electron chi connectivity index (χ3n) is 5.38. The largest absolute Gasteiger partial charge is 0.316 e. The summed E-state index contributed by atoms with van der Waals surface area (Å²) in [6.07, 6.45) is 8.68. The Kier molecular flexibility index (Phi) is 3.93. The Morgan fingerprint density at radius 1 is 1.11 bits per heavy atom. The second-order valence-electron chi connectivity index (χ2n) is 6.56. The van der Waals surface area contributed by atoms with E-state index in [1.54, 1.807) is 5.56 Å². The highest BCUT2D eigenvalue weighted by Gasteiger charge is 2.52. The summed E-state index contributed by atoms with van der Waals surface area (Å²) in [6.45, 7) is 4.60. The molecule has 0 amide bonds. The maximum absolute atomic E-state index is 3.65. The fourth-order valence-corrected chi connectivity index (χ4v) is 4.25. The monoisotopic (exact) mass is 257 g/mol. The molecule has 1 nitrogen and oxygen atoms in total. The molecule has 3 rings (SSSR count). The molecular formula is C18H27N. The van der Waals surface area contributed by atoms with Gasteiger partial charge in [-0.2, -0.15) is 0 Å². The fraction of sp³-hybridized carbons (Fsp3) is 0.667. The van der Waals surface area contributed by atoms with E-state index < -0.39 is 0 Å². The van der Waals surface area contributed by atoms with Crippen LogP contribution in [0.3, 0.4) is 0 Å². The molecule has 2 saturated carbocycles. The zero-order chi connectivity index (χ0) is 13.1. The van der Waals surface area contributed by atoms with Crippen molar-refractivity contribution in [1.82, 2.24) is 5.32 Å². The summed E-state index contributed by atoms with van der Waals surface area (Å²) in [5.74, 6) is 1.78. The van der Waals surface area contributed by atoms with Gasteiger partial charge in [0.15, 0.2) is 0 Å². The summed E-state index contributed by atoms with van der Waals surface area (Å²) in [5.41, 5.74) is 2.18. The molecule has 0 saturated heterocycles. The molecule has 0 aromatic heterocycles. The van der Waals surface area contributed by atoms with Crippen molar-refractivity contribution < 1.29 is 0 Å². The number of rotatable bonds is 5. The van der Waals surface area contributed by atoms with Crippen molar-refractivity contribution in [3.05, 3.63) is 35.9 Å². The lowest BCUT2D eigenvalue weighted by Crippen LogP contribution is -2.38. The van der Waals surface area contributed by atoms with E-state index in [1.807, 2.05) is 0 Å². The van der Waals surface area contributed by atoms with Gasteiger partial charge < -0.3 is 5.32 Å². The second-order valence-corrected chi connectivity index (χ2v) is 6.56. The van der Waals surface area contributed by atoms with Gasteiger partial charge in [0.05, 0.1) is 0 Å². The van der Waals surface area contributed by atoms with E-state index in [9.17, 15) is 0 Å². The van der Waals surface area contributed by atoms with Gasteiger partial charge in [0, 0.05) is 6.54 Å². The molecule has 2 fully saturated rings. The summed E-state index contributed by atoms with van der Waals surface area (Å²) in [4.78, 5) is 0. The van der Waals surface area contributed by atoms with Crippen molar-refractivity contribution in [3.63, 3.8) is 0 Å². The van der Waals surface area contributed by atoms with Crippen LogP contribution in [0.25, 0.3) is 0 Å². The lowest BCUT2D eigenvalue weighted by molar-refractivity contribution is 0.147. The third-order valence-corrected chi connectivity index (χ3v) is 5.38. The van der Waals surface area contributed by atoms with E-state index in [0.29, 0.717) is 5.41 Å². The highest BCUT2D eigenvalue weighted by Crippen LogP contribution is 2.61. The van der Waals surface area contributed by atoms with Gasteiger partial charge in [0.2, 0.25) is 0 Å². The van der Waals surface area contributed by atoms with E-state index in [4.69, 9.17) is 0 Å². The van der Waals surface area contributed by atoms with Crippen LogP contribution in [0.15, 0.2) is 30.3 Å². The lowest BCUT2D eigenvalue weighted by atomic mass is 9.69. The Morgan fingerprint density at radius 2 is 1.84 bits per heavy atom. The topological polar surface area (TPSA) is 12.0 Å². The molecule has 1 aromatic carbocycles. The molecule has 0 heterocycles. The molecule has 0 spiro atoms. The van der Waals surface area contributed by atoms with E-state index in [0.717, 1.165) is 18.4 Å². The van der Waals surface area contributed by atoms with Crippen LogP contribution in [-0.4, -0.2) is 13.1 Å². The van der Waals surface area contributed by atoms with Crippen LogP contribution in [0.4, 0.5) is 0 Å². The van der Waals surface area contributed by atoms with Crippen LogP contribution < -0.4 is 5.32 Å². The van der Waals surface area contributed by atoms with Gasteiger partial charge in [-0.05, 0) is 48.6 Å². The summed E-state index contributed by atoms with van der Waals surface area (Å²) in [5, 5.41) is 3.65. The zero-order valence-electron chi connectivity index (χ0n) is 12.2. The van der Waals surface area contributed by atoms with E-state index in [-0.39, 0.29) is 0 Å². The maximum atomic E-state index is 3.65. The maximum Gasteiger partial charge on any atom is 0.00106 e. The Hall–Kier alpha value is -0.820. The highest BCUT2D eigenvalue weighted by molar-refractivity contribution is 5.27. The van der Waals surface area contributed by atoms with Crippen LogP contribution in [0.1, 0.15) is 56.9 Å². The first kappa shape index (κ1) is 13.2. The molecule has 0 bridgehead atoms. The van der Waals surface area contributed by atoms with E-state index in [2.05, 4.69) is 42.6 Å². The summed E-state index contributed by atoms with van der Waals surface area (Å²) in [7, 11) is 0. The average Bonchev–Trinajstić information content (AvgIpc) is 3.28. The molecule has 19 heavy (non-hydrogen) atoms. The van der Waals surface area contributed by atoms with Crippen molar-refractivity contribution in [3.8, 4) is 0 Å². The molecule has 2 aliphatic carbocycles. The highest BCUT2D eigenvalue weighted by atomic mass is 14.9. The minimum atomic E-state index is 0.606. The average molecular weight is 257 g/mol. The Labute approximate surface area is 117 Å². The van der Waals surface area contributed by atoms with E-state index >= 15 is 0 Å². The van der Waals surface area contributed by atoms with Crippen LogP contribution in [0, 0.1) is 11.3 Å². The second kappa shape index (κ2) is 5.66. The standard InChI is InChI=1S/C18H27N/c1-2-19-14-18(11-7-4-8-12-18)17-13-16(17)15-9-5-3-6-10-15/h3,5-6,9-10,16-17,19H,2,4,7-8,11-14H2,1H3. The number of hydrogen-bond donors (Lipinski definition) is 1. The van der Waals surface area contributed by atoms with Crippen LogP contribution in [0.5, 0.6) is 0 Å². The SMILES string of the molecule is CCNCC1(C2CC2c2ccccc2)CCCCC1. The van der Waals surface area contributed by atoms with Gasteiger partial charge >= 0.3 is 0 Å². The Bertz CT molecular complexity index is 391. The fourth-order valence-electron chi connectivity index (χ4n) is 4.25. The minimum Gasteiger partial charge on any atom is -0.316 e. The Balaban J connectivity index is 1.71. The van der Waals surface area contributed by atoms with E-state index in [1.165, 1.54) is 45.1 Å². The molecule has 0 aliphatic heterocycles. The van der Waals surface area contributed by atoms with Crippen LogP contribution in [-0.2, 0) is 0 Å². The molecule has 1 heteroatoms. The van der Waals surface area contributed by atoms with Gasteiger partial charge in [-0.1, -0.05) is 56.5 Å². The molecule has 104 valence electrons. The van der Waals surface area contributed by atoms with Crippen LogP contribution in [0.2, 0.25) is 0 Å². The molecular weight excluding hydrogens is 230 g/mol. The zero-order valence-corrected chi connectivity index (χ0v) is 12.2. The Morgan fingerprint density at radius 3 is 2.53 bits per heavy atom. The third kappa shape index (κ3) is 2.72. The number of benzene rings is 1. The quantitative estimate of drug-likeness (QED) is 0.827. The van der Waals surface area contributed by atoms with Gasteiger partial charge in [0.25, 0.3) is 0 Å². The van der Waals surface area contributed by atoms with Crippen molar-refractivity contribution >= 4 is 0 Å². The first-order valence-corrected chi connectivity index (χ1v) is 8.11. The number of nitrogens with one attached hydrogen (secondary N) is 1. The normalized spacial score (nSPS) is 29.1. The van der Waals surface area contributed by atoms with Crippen molar-refractivity contribution in [1.29, 1.82) is 0 Å². The van der Waals surface area contributed by atoms with Gasteiger partial charge in [-0.15, -0.1) is 0 Å². The van der Waals surface area contributed by atoms with Crippen molar-refractivity contribution in [2.45, 2.75) is 51.4 Å². The minimum absolute atomic E-state index is 0.606. The summed E-state index contributed by atoms with van der Waals surface area (Å²) < 4.78 is 0. The van der Waals surface area contributed by atoms with Gasteiger partial charge in [-0.3, -0.25) is 0 Å². The van der Waals surface area contributed by atoms with Crippen LogP contribution >= 0.6 is 0 Å². The lowest BCUT2D eigenvalue weighted by Gasteiger charge is -2.38. The molecule has 1 N–H and O–H groups in total. The molecule has 1 aromatic rings. The summed E-state index contributed by atoms with van der Waals surface area (Å²) in [6, 6.07) is 11.2. The molecule has 2 aliphatic rings. The first-order chi connectivity index (χ1) is 9.36. The smallest absolute Gasteiger partial charge is 0.00106 e. The van der Waals surface area contributed by atoms with Crippen molar-refractivity contribution in [2.24, 2.45) is 11.3 Å². The van der Waals surface area contributed by atoms with Gasteiger partial charge in [0.1, 0.15) is 0 Å². The number of hydrogen-bond acceptors (Lipinski definition) is 1. The predicted octanol–water partition coefficient (Wildman–Crippen LogP) is 4.35. The predicted molar refractivity (Wildman–Crippen MR) is 81.4 cm³/mol. The molecule has 2 unspecified atom stereocenters.